The van der Waals surface area contributed by atoms with Crippen molar-refractivity contribution in [3.8, 4) is 11.8 Å². The molecule has 176 valence electrons. The molecular weight excluding hydrogens is 420 g/mol. The molecule has 1 aliphatic rings. The van der Waals surface area contributed by atoms with Crippen molar-refractivity contribution in [2.75, 3.05) is 20.1 Å². The molecule has 4 heteroatoms. The summed E-state index contributed by atoms with van der Waals surface area (Å²) in [7, 11) is 2.07. The average molecular weight is 455 g/mol. The van der Waals surface area contributed by atoms with Crippen molar-refractivity contribution in [3.63, 3.8) is 0 Å². The average Bonchev–Trinajstić information content (AvgIpc) is 2.82. The van der Waals surface area contributed by atoms with Crippen LogP contribution in [0.1, 0.15) is 61.4 Å². The predicted molar refractivity (Wildman–Crippen MR) is 136 cm³/mol. The smallest absolute Gasteiger partial charge is 0.148 e. The number of hydrogen-bond donors (Lipinski definition) is 2. The SMILES string of the molecule is CC(C)c1ccc(C(O)(c2cncc(C#CC(C)(O)c3ccccc3)c2)C2(C)CN(C)C2)cc1. The van der Waals surface area contributed by atoms with Crippen LogP contribution in [0.4, 0.5) is 0 Å². The molecule has 2 unspecified atom stereocenters. The summed E-state index contributed by atoms with van der Waals surface area (Å²) in [5.41, 5.74) is 1.32. The summed E-state index contributed by atoms with van der Waals surface area (Å²) in [6, 6.07) is 19.6. The van der Waals surface area contributed by atoms with Gasteiger partial charge in [0, 0.05) is 42.0 Å². The van der Waals surface area contributed by atoms with E-state index in [1.807, 2.05) is 48.5 Å². The van der Waals surface area contributed by atoms with Crippen LogP contribution < -0.4 is 0 Å². The van der Waals surface area contributed by atoms with Gasteiger partial charge in [-0.05, 0) is 42.6 Å². The number of benzene rings is 2. The second kappa shape index (κ2) is 9.00. The van der Waals surface area contributed by atoms with Crippen molar-refractivity contribution in [3.05, 3.63) is 101 Å². The van der Waals surface area contributed by atoms with Crippen molar-refractivity contribution < 1.29 is 10.2 Å². The van der Waals surface area contributed by atoms with Gasteiger partial charge in [-0.2, -0.15) is 0 Å². The number of pyridine rings is 1. The molecule has 2 atom stereocenters. The zero-order valence-electron chi connectivity index (χ0n) is 20.7. The highest BCUT2D eigenvalue weighted by Crippen LogP contribution is 2.50. The van der Waals surface area contributed by atoms with Gasteiger partial charge in [0.2, 0.25) is 0 Å². The minimum absolute atomic E-state index is 0.371. The molecule has 2 heterocycles. The standard InChI is InChI=1S/C30H34N2O2/c1-22(2)24-11-13-26(14-12-24)30(34,28(3)20-32(5)21-28)27-17-23(18-31-19-27)15-16-29(4,33)25-9-7-6-8-10-25/h6-14,17-19,22,33-34H,20-21H2,1-5H3. The Labute approximate surface area is 203 Å². The van der Waals surface area contributed by atoms with Crippen LogP contribution in [0.5, 0.6) is 0 Å². The highest BCUT2D eigenvalue weighted by Gasteiger charge is 2.55. The Hall–Kier alpha value is -2.97. The summed E-state index contributed by atoms with van der Waals surface area (Å²) in [6.07, 6.45) is 3.41. The lowest BCUT2D eigenvalue weighted by Crippen LogP contribution is -2.63. The second-order valence-electron chi connectivity index (χ2n) is 10.4. The molecule has 0 amide bonds. The first-order valence-corrected chi connectivity index (χ1v) is 11.8. The third-order valence-electron chi connectivity index (χ3n) is 7.05. The van der Waals surface area contributed by atoms with E-state index in [0.717, 1.165) is 24.2 Å². The van der Waals surface area contributed by atoms with Crippen molar-refractivity contribution >= 4 is 0 Å². The summed E-state index contributed by atoms with van der Waals surface area (Å²) >= 11 is 0. The van der Waals surface area contributed by atoms with Crippen molar-refractivity contribution in [1.82, 2.24) is 9.88 Å². The van der Waals surface area contributed by atoms with E-state index >= 15 is 0 Å². The van der Waals surface area contributed by atoms with Gasteiger partial charge in [0.1, 0.15) is 11.2 Å². The minimum atomic E-state index is -1.29. The van der Waals surface area contributed by atoms with Crippen molar-refractivity contribution in [2.24, 2.45) is 5.41 Å². The van der Waals surface area contributed by atoms with Crippen molar-refractivity contribution in [2.45, 2.75) is 44.8 Å². The summed E-state index contributed by atoms with van der Waals surface area (Å²) in [5.74, 6) is 6.48. The van der Waals surface area contributed by atoms with Gasteiger partial charge in [-0.1, -0.05) is 87.2 Å². The highest BCUT2D eigenvalue weighted by molar-refractivity contribution is 5.46. The zero-order valence-corrected chi connectivity index (χ0v) is 20.7. The molecule has 0 aliphatic carbocycles. The van der Waals surface area contributed by atoms with E-state index in [2.05, 4.69) is 61.7 Å². The van der Waals surface area contributed by atoms with E-state index in [9.17, 15) is 10.2 Å². The van der Waals surface area contributed by atoms with Crippen LogP contribution in [-0.4, -0.2) is 40.2 Å². The molecule has 34 heavy (non-hydrogen) atoms. The third kappa shape index (κ3) is 4.40. The first-order valence-electron chi connectivity index (χ1n) is 11.8. The third-order valence-corrected chi connectivity index (χ3v) is 7.05. The van der Waals surface area contributed by atoms with Gasteiger partial charge in [0.15, 0.2) is 0 Å². The van der Waals surface area contributed by atoms with Crippen LogP contribution in [0.3, 0.4) is 0 Å². The van der Waals surface area contributed by atoms with Crippen LogP contribution in [0.15, 0.2) is 73.1 Å². The molecule has 0 bridgehead atoms. The maximum Gasteiger partial charge on any atom is 0.148 e. The minimum Gasteiger partial charge on any atom is -0.380 e. The zero-order chi connectivity index (χ0) is 24.6. The highest BCUT2D eigenvalue weighted by atomic mass is 16.3. The van der Waals surface area contributed by atoms with E-state index in [0.29, 0.717) is 17.0 Å². The Balaban J connectivity index is 1.75. The number of nitrogens with zero attached hydrogens (tertiary/aromatic N) is 2. The van der Waals surface area contributed by atoms with Gasteiger partial charge in [0.05, 0.1) is 0 Å². The largest absolute Gasteiger partial charge is 0.380 e. The van der Waals surface area contributed by atoms with Gasteiger partial charge in [-0.25, -0.2) is 0 Å². The maximum absolute atomic E-state index is 12.3. The van der Waals surface area contributed by atoms with Crippen LogP contribution in [-0.2, 0) is 11.2 Å². The second-order valence-corrected chi connectivity index (χ2v) is 10.4. The first kappa shape index (κ1) is 24.2. The Bertz CT molecular complexity index is 1200. The van der Waals surface area contributed by atoms with E-state index in [1.165, 1.54) is 5.56 Å². The molecule has 1 saturated heterocycles. The fourth-order valence-corrected chi connectivity index (χ4v) is 5.08. The maximum atomic E-state index is 12.3. The molecule has 2 N–H and O–H groups in total. The van der Waals surface area contributed by atoms with Crippen LogP contribution >= 0.6 is 0 Å². The van der Waals surface area contributed by atoms with Gasteiger partial charge < -0.3 is 15.1 Å². The van der Waals surface area contributed by atoms with E-state index in [-0.39, 0.29) is 5.41 Å². The number of likely N-dealkylation sites (tertiary alicyclic amines) is 1. The number of aromatic nitrogens is 1. The lowest BCUT2D eigenvalue weighted by atomic mass is 9.62. The lowest BCUT2D eigenvalue weighted by Gasteiger charge is -2.55. The predicted octanol–water partition coefficient (Wildman–Crippen LogP) is 4.65. The topological polar surface area (TPSA) is 56.6 Å². The number of aliphatic hydroxyl groups is 2. The summed E-state index contributed by atoms with van der Waals surface area (Å²) in [4.78, 5) is 6.64. The van der Waals surface area contributed by atoms with Gasteiger partial charge >= 0.3 is 0 Å². The Morgan fingerprint density at radius 2 is 1.59 bits per heavy atom. The molecule has 0 spiro atoms. The Morgan fingerprint density at radius 1 is 0.941 bits per heavy atom. The quantitative estimate of drug-likeness (QED) is 0.551. The van der Waals surface area contributed by atoms with Crippen molar-refractivity contribution in [1.29, 1.82) is 0 Å². The van der Waals surface area contributed by atoms with Crippen LogP contribution in [0, 0.1) is 17.3 Å². The summed E-state index contributed by atoms with van der Waals surface area (Å²) in [5, 5.41) is 23.2. The molecule has 2 aromatic carbocycles. The van der Waals surface area contributed by atoms with E-state index in [1.54, 1.807) is 19.3 Å². The molecular formula is C30H34N2O2. The van der Waals surface area contributed by atoms with Crippen LogP contribution in [0.2, 0.25) is 0 Å². The lowest BCUT2D eigenvalue weighted by molar-refractivity contribution is -0.127. The normalized spacial score (nSPS) is 18.8. The molecule has 1 aromatic heterocycles. The van der Waals surface area contributed by atoms with E-state index in [4.69, 9.17) is 0 Å². The molecule has 0 saturated carbocycles. The fourth-order valence-electron chi connectivity index (χ4n) is 5.08. The molecule has 0 radical (unpaired) electrons. The molecule has 3 aromatic rings. The summed E-state index contributed by atoms with van der Waals surface area (Å²) < 4.78 is 0. The van der Waals surface area contributed by atoms with Crippen LogP contribution in [0.25, 0.3) is 0 Å². The van der Waals surface area contributed by atoms with Gasteiger partial charge in [-0.3, -0.25) is 4.98 Å². The van der Waals surface area contributed by atoms with E-state index < -0.39 is 11.2 Å². The number of hydrogen-bond acceptors (Lipinski definition) is 4. The first-order chi connectivity index (χ1) is 16.0. The van der Waals surface area contributed by atoms with Gasteiger partial charge in [0.25, 0.3) is 0 Å². The molecule has 1 fully saturated rings. The van der Waals surface area contributed by atoms with Gasteiger partial charge in [-0.15, -0.1) is 0 Å². The molecule has 1 aliphatic heterocycles. The Morgan fingerprint density at radius 3 is 2.18 bits per heavy atom. The molecule has 4 nitrogen and oxygen atoms in total. The fraction of sp³-hybridized carbons (Fsp3) is 0.367. The summed E-state index contributed by atoms with van der Waals surface area (Å²) in [6.45, 7) is 9.69. The monoisotopic (exact) mass is 454 g/mol. The Kier molecular flexibility index (Phi) is 6.40. The number of rotatable bonds is 5. The molecule has 4 rings (SSSR count).